The molecule has 1 amide bonds. The molecule has 8 heteroatoms. The lowest BCUT2D eigenvalue weighted by Crippen LogP contribution is -2.37. The summed E-state index contributed by atoms with van der Waals surface area (Å²) in [4.78, 5) is 14.3. The maximum Gasteiger partial charge on any atom is 0.264 e. The molecule has 31 heavy (non-hydrogen) atoms. The topological polar surface area (TPSA) is 41.6 Å². The first-order valence-corrected chi connectivity index (χ1v) is 12.2. The van der Waals surface area contributed by atoms with Gasteiger partial charge in [-0.15, -0.1) is 0 Å². The average molecular weight is 485 g/mol. The molecule has 168 valence electrons. The molecule has 1 aliphatic heterocycles. The van der Waals surface area contributed by atoms with E-state index < -0.39 is 11.7 Å². The molecule has 1 heterocycles. The third kappa shape index (κ3) is 6.28. The van der Waals surface area contributed by atoms with E-state index in [0.717, 1.165) is 49.0 Å². The molecule has 4 nitrogen and oxygen atoms in total. The minimum atomic E-state index is -0.573. The summed E-state index contributed by atoms with van der Waals surface area (Å²) < 4.78 is 22.8. The summed E-state index contributed by atoms with van der Waals surface area (Å²) in [6, 6.07) is 8.76. The summed E-state index contributed by atoms with van der Waals surface area (Å²) in [5, 5.41) is 1.30. The van der Waals surface area contributed by atoms with Crippen molar-refractivity contribution in [2.24, 2.45) is 5.92 Å². The number of rotatable bonds is 7. The predicted molar refractivity (Wildman–Crippen MR) is 127 cm³/mol. The van der Waals surface area contributed by atoms with Gasteiger partial charge in [0.15, 0.2) is 0 Å². The van der Waals surface area contributed by atoms with Crippen LogP contribution in [-0.2, 0) is 0 Å². The van der Waals surface area contributed by atoms with Crippen LogP contribution in [0.4, 0.5) is 4.39 Å². The quantitative estimate of drug-likeness (QED) is 0.468. The summed E-state index contributed by atoms with van der Waals surface area (Å²) in [6.45, 7) is 6.41. The first kappa shape index (κ1) is 24.2. The van der Waals surface area contributed by atoms with Crippen molar-refractivity contribution in [2.45, 2.75) is 32.7 Å². The Morgan fingerprint density at radius 2 is 1.87 bits per heavy atom. The zero-order chi connectivity index (χ0) is 22.5. The molecule has 0 aromatic heterocycles. The van der Waals surface area contributed by atoms with Gasteiger partial charge in [0, 0.05) is 28.4 Å². The van der Waals surface area contributed by atoms with Gasteiger partial charge in [0.25, 0.3) is 5.91 Å². The molecule has 0 saturated carbocycles. The molecule has 2 aromatic rings. The molecule has 1 fully saturated rings. The molecule has 3 rings (SSSR count). The molecule has 1 saturated heterocycles. The van der Waals surface area contributed by atoms with Crippen molar-refractivity contribution in [3.05, 3.63) is 62.9 Å². The molecule has 2 aromatic carbocycles. The predicted octanol–water partition coefficient (Wildman–Crippen LogP) is 6.30. The summed E-state index contributed by atoms with van der Waals surface area (Å²) in [6.07, 6.45) is 3.71. The van der Waals surface area contributed by atoms with Crippen LogP contribution in [0.3, 0.4) is 0 Å². The van der Waals surface area contributed by atoms with E-state index in [1.165, 1.54) is 12.1 Å². The zero-order valence-electron chi connectivity index (χ0n) is 17.9. The largest absolute Gasteiger partial charge is 0.493 e. The Morgan fingerprint density at radius 3 is 2.48 bits per heavy atom. The minimum absolute atomic E-state index is 0.0302. The van der Waals surface area contributed by atoms with Gasteiger partial charge in [-0.3, -0.25) is 14.4 Å². The Hall–Kier alpha value is -1.47. The molecule has 1 atom stereocenters. The number of hydrogen-bond donors (Lipinski definition) is 1. The number of likely N-dealkylation sites (tertiary alicyclic amines) is 1. The number of aryl methyl sites for hydroxylation is 1. The molecular weight excluding hydrogens is 458 g/mol. The van der Waals surface area contributed by atoms with Crippen molar-refractivity contribution < 1.29 is 13.9 Å². The number of halogens is 3. The van der Waals surface area contributed by atoms with Crippen molar-refractivity contribution in [3.8, 4) is 5.75 Å². The Morgan fingerprint density at radius 1 is 1.23 bits per heavy atom. The van der Waals surface area contributed by atoms with Crippen LogP contribution in [0.15, 0.2) is 30.3 Å². The second kappa shape index (κ2) is 10.9. The Labute approximate surface area is 197 Å². The van der Waals surface area contributed by atoms with Gasteiger partial charge in [-0.05, 0) is 81.1 Å². The highest BCUT2D eigenvalue weighted by molar-refractivity contribution is 7.97. The van der Waals surface area contributed by atoms with Gasteiger partial charge in [-0.2, -0.15) is 0 Å². The monoisotopic (exact) mass is 484 g/mol. The number of amides is 1. The molecule has 0 aliphatic carbocycles. The molecule has 1 unspecified atom stereocenters. The minimum Gasteiger partial charge on any atom is -0.493 e. The van der Waals surface area contributed by atoms with Crippen molar-refractivity contribution in [2.75, 3.05) is 26.0 Å². The number of piperidine rings is 1. The maximum absolute atomic E-state index is 14.4. The van der Waals surface area contributed by atoms with Crippen molar-refractivity contribution in [3.63, 3.8) is 0 Å². The summed E-state index contributed by atoms with van der Waals surface area (Å²) in [5.41, 5.74) is 1.89. The summed E-state index contributed by atoms with van der Waals surface area (Å²) >= 11 is 13.4. The van der Waals surface area contributed by atoms with Crippen molar-refractivity contribution >= 4 is 41.1 Å². The maximum atomic E-state index is 14.4. The van der Waals surface area contributed by atoms with Gasteiger partial charge in [-0.25, -0.2) is 4.39 Å². The highest BCUT2D eigenvalue weighted by atomic mass is 35.5. The third-order valence-corrected chi connectivity index (χ3v) is 6.57. The van der Waals surface area contributed by atoms with Crippen LogP contribution in [0.1, 0.15) is 47.3 Å². The van der Waals surface area contributed by atoms with E-state index in [1.54, 1.807) is 12.3 Å². The first-order chi connectivity index (χ1) is 14.8. The molecule has 0 bridgehead atoms. The van der Waals surface area contributed by atoms with E-state index in [4.69, 9.17) is 27.9 Å². The highest BCUT2D eigenvalue weighted by Gasteiger charge is 2.25. The average Bonchev–Trinajstić information content (AvgIpc) is 2.73. The van der Waals surface area contributed by atoms with Gasteiger partial charge in [-0.1, -0.05) is 35.1 Å². The lowest BCUT2D eigenvalue weighted by Gasteiger charge is -2.36. The summed E-state index contributed by atoms with van der Waals surface area (Å²) in [7, 11) is 0. The SMILES string of the molecule is CSNC(=O)c1cc(C)c(OCC2CCN(C(C)c3cc(Cl)cc(Cl)c3)CC2)cc1F. The Bertz CT molecular complexity index is 916. The van der Waals surface area contributed by atoms with Crippen LogP contribution in [0.2, 0.25) is 10.0 Å². The van der Waals surface area contributed by atoms with Gasteiger partial charge >= 0.3 is 0 Å². The summed E-state index contributed by atoms with van der Waals surface area (Å²) in [5.74, 6) is -0.131. The highest BCUT2D eigenvalue weighted by Crippen LogP contribution is 2.31. The van der Waals surface area contributed by atoms with Crippen LogP contribution < -0.4 is 9.46 Å². The number of carbonyl (C=O) groups is 1. The fourth-order valence-electron chi connectivity index (χ4n) is 3.88. The number of hydrogen-bond acceptors (Lipinski definition) is 4. The van der Waals surface area contributed by atoms with E-state index in [0.29, 0.717) is 28.3 Å². The smallest absolute Gasteiger partial charge is 0.264 e. The lowest BCUT2D eigenvalue weighted by atomic mass is 9.95. The molecule has 0 spiro atoms. The number of carbonyl (C=O) groups excluding carboxylic acids is 1. The first-order valence-electron chi connectivity index (χ1n) is 10.2. The van der Waals surface area contributed by atoms with E-state index in [2.05, 4.69) is 16.5 Å². The third-order valence-electron chi connectivity index (χ3n) is 5.74. The zero-order valence-corrected chi connectivity index (χ0v) is 20.2. The fourth-order valence-corrected chi connectivity index (χ4v) is 4.72. The number of nitrogens with one attached hydrogen (secondary N) is 1. The molecular formula is C23H27Cl2FN2O2S. The molecule has 0 radical (unpaired) electrons. The standard InChI is InChI=1S/C23H27Cl2FN2O2S/c1-14-8-20(23(29)27-31-3)21(26)12-22(14)30-13-16-4-6-28(7-5-16)15(2)17-9-18(24)11-19(25)10-17/h8-12,15-16H,4-7,13H2,1-3H3,(H,27,29). The Kier molecular flexibility index (Phi) is 8.50. The van der Waals surface area contributed by atoms with Crippen LogP contribution >= 0.6 is 35.1 Å². The van der Waals surface area contributed by atoms with Gasteiger partial charge in [0.2, 0.25) is 0 Å². The van der Waals surface area contributed by atoms with Crippen LogP contribution in [-0.4, -0.2) is 36.8 Å². The molecule has 1 aliphatic rings. The lowest BCUT2D eigenvalue weighted by molar-refractivity contribution is 0.0980. The fraction of sp³-hybridized carbons (Fsp3) is 0.435. The second-order valence-electron chi connectivity index (χ2n) is 7.90. The number of benzene rings is 2. The van der Waals surface area contributed by atoms with Gasteiger partial charge < -0.3 is 4.74 Å². The van der Waals surface area contributed by atoms with E-state index >= 15 is 0 Å². The van der Waals surface area contributed by atoms with Gasteiger partial charge in [0.05, 0.1) is 12.2 Å². The van der Waals surface area contributed by atoms with Crippen LogP contribution in [0, 0.1) is 18.7 Å². The van der Waals surface area contributed by atoms with E-state index in [-0.39, 0.29) is 11.6 Å². The van der Waals surface area contributed by atoms with Crippen LogP contribution in [0.5, 0.6) is 5.75 Å². The van der Waals surface area contributed by atoms with Crippen LogP contribution in [0.25, 0.3) is 0 Å². The van der Waals surface area contributed by atoms with Crippen molar-refractivity contribution in [1.82, 2.24) is 9.62 Å². The number of nitrogens with zero attached hydrogens (tertiary/aromatic N) is 1. The normalized spacial score (nSPS) is 16.2. The number of ether oxygens (including phenoxy) is 1. The van der Waals surface area contributed by atoms with Gasteiger partial charge in [0.1, 0.15) is 11.6 Å². The van der Waals surface area contributed by atoms with Crippen molar-refractivity contribution in [1.29, 1.82) is 0 Å². The van der Waals surface area contributed by atoms with E-state index in [1.807, 2.05) is 19.1 Å². The molecule has 1 N–H and O–H groups in total. The second-order valence-corrected chi connectivity index (χ2v) is 9.39. The van der Waals surface area contributed by atoms with E-state index in [9.17, 15) is 9.18 Å². The Balaban J connectivity index is 1.54.